The van der Waals surface area contributed by atoms with E-state index < -0.39 is 17.7 Å². The standard InChI is InChI=1S/C17H19F2N/c1-3-13(12-7-5-4-6-8-12)17(20)14-9-11(2)15(18)10-16(14)19/h4-10,13,17H,3,20H2,1-2H3. The van der Waals surface area contributed by atoms with Crippen molar-refractivity contribution in [2.45, 2.75) is 32.2 Å². The van der Waals surface area contributed by atoms with Crippen molar-refractivity contribution >= 4 is 0 Å². The van der Waals surface area contributed by atoms with E-state index in [2.05, 4.69) is 0 Å². The molecular formula is C17H19F2N. The maximum Gasteiger partial charge on any atom is 0.130 e. The molecule has 2 N–H and O–H groups in total. The molecule has 0 aromatic heterocycles. The Hall–Kier alpha value is -1.74. The molecule has 2 rings (SSSR count). The van der Waals surface area contributed by atoms with Gasteiger partial charge in [-0.05, 0) is 30.5 Å². The predicted molar refractivity (Wildman–Crippen MR) is 77.5 cm³/mol. The Morgan fingerprint density at radius 1 is 1.05 bits per heavy atom. The van der Waals surface area contributed by atoms with Crippen LogP contribution < -0.4 is 5.73 Å². The maximum atomic E-state index is 14.0. The van der Waals surface area contributed by atoms with Gasteiger partial charge in [-0.3, -0.25) is 0 Å². The van der Waals surface area contributed by atoms with Crippen LogP contribution in [0, 0.1) is 18.6 Å². The molecule has 0 bridgehead atoms. The number of halogens is 2. The zero-order chi connectivity index (χ0) is 14.7. The quantitative estimate of drug-likeness (QED) is 0.875. The van der Waals surface area contributed by atoms with Crippen molar-refractivity contribution in [3.05, 3.63) is 70.8 Å². The van der Waals surface area contributed by atoms with Crippen LogP contribution in [0.1, 0.15) is 42.0 Å². The number of benzene rings is 2. The lowest BCUT2D eigenvalue weighted by Gasteiger charge is -2.24. The third kappa shape index (κ3) is 2.88. The summed E-state index contributed by atoms with van der Waals surface area (Å²) >= 11 is 0. The number of hydrogen-bond donors (Lipinski definition) is 1. The summed E-state index contributed by atoms with van der Waals surface area (Å²) in [5.74, 6) is -1.10. The van der Waals surface area contributed by atoms with Crippen molar-refractivity contribution in [3.63, 3.8) is 0 Å². The summed E-state index contributed by atoms with van der Waals surface area (Å²) in [6.07, 6.45) is 0.793. The van der Waals surface area contributed by atoms with Gasteiger partial charge in [0.1, 0.15) is 11.6 Å². The molecule has 2 atom stereocenters. The Kier molecular flexibility index (Phi) is 4.50. The molecule has 0 fully saturated rings. The van der Waals surface area contributed by atoms with E-state index in [1.165, 1.54) is 6.07 Å². The monoisotopic (exact) mass is 275 g/mol. The molecule has 1 nitrogen and oxygen atoms in total. The van der Waals surface area contributed by atoms with E-state index in [-0.39, 0.29) is 5.92 Å². The Morgan fingerprint density at radius 3 is 2.30 bits per heavy atom. The average Bonchev–Trinajstić information content (AvgIpc) is 2.44. The van der Waals surface area contributed by atoms with Crippen LogP contribution in [0.5, 0.6) is 0 Å². The highest BCUT2D eigenvalue weighted by atomic mass is 19.1. The van der Waals surface area contributed by atoms with Crippen molar-refractivity contribution in [1.82, 2.24) is 0 Å². The van der Waals surface area contributed by atoms with Gasteiger partial charge in [-0.1, -0.05) is 37.3 Å². The molecule has 0 heterocycles. The smallest absolute Gasteiger partial charge is 0.130 e. The van der Waals surface area contributed by atoms with Crippen molar-refractivity contribution < 1.29 is 8.78 Å². The lowest BCUT2D eigenvalue weighted by molar-refractivity contribution is 0.497. The van der Waals surface area contributed by atoms with E-state index in [4.69, 9.17) is 5.73 Å². The Bertz CT molecular complexity index is 581. The fraction of sp³-hybridized carbons (Fsp3) is 0.294. The second-order valence-corrected chi connectivity index (χ2v) is 5.07. The summed E-state index contributed by atoms with van der Waals surface area (Å²) in [5, 5.41) is 0. The zero-order valence-electron chi connectivity index (χ0n) is 11.7. The van der Waals surface area contributed by atoms with Gasteiger partial charge < -0.3 is 5.73 Å². The average molecular weight is 275 g/mol. The third-order valence-electron chi connectivity index (χ3n) is 3.74. The maximum absolute atomic E-state index is 14.0. The second kappa shape index (κ2) is 6.14. The molecule has 0 radical (unpaired) electrons. The zero-order valence-corrected chi connectivity index (χ0v) is 11.7. The number of hydrogen-bond acceptors (Lipinski definition) is 1. The molecule has 2 unspecified atom stereocenters. The molecule has 0 amide bonds. The highest BCUT2D eigenvalue weighted by Gasteiger charge is 2.23. The second-order valence-electron chi connectivity index (χ2n) is 5.07. The van der Waals surface area contributed by atoms with E-state index in [1.54, 1.807) is 6.92 Å². The van der Waals surface area contributed by atoms with Gasteiger partial charge in [0.15, 0.2) is 0 Å². The van der Waals surface area contributed by atoms with Crippen LogP contribution >= 0.6 is 0 Å². The van der Waals surface area contributed by atoms with Crippen molar-refractivity contribution in [2.24, 2.45) is 5.73 Å². The topological polar surface area (TPSA) is 26.0 Å². The van der Waals surface area contributed by atoms with Crippen molar-refractivity contribution in [3.8, 4) is 0 Å². The van der Waals surface area contributed by atoms with Gasteiger partial charge in [0.25, 0.3) is 0 Å². The van der Waals surface area contributed by atoms with Crippen LogP contribution in [0.25, 0.3) is 0 Å². The molecule has 0 spiro atoms. The third-order valence-corrected chi connectivity index (χ3v) is 3.74. The van der Waals surface area contributed by atoms with Gasteiger partial charge in [0.2, 0.25) is 0 Å². The Balaban J connectivity index is 2.39. The van der Waals surface area contributed by atoms with E-state index in [9.17, 15) is 8.78 Å². The summed E-state index contributed by atoms with van der Waals surface area (Å²) in [4.78, 5) is 0. The van der Waals surface area contributed by atoms with Crippen LogP contribution in [-0.2, 0) is 0 Å². The van der Waals surface area contributed by atoms with Gasteiger partial charge in [-0.25, -0.2) is 8.78 Å². The van der Waals surface area contributed by atoms with Gasteiger partial charge >= 0.3 is 0 Å². The molecule has 20 heavy (non-hydrogen) atoms. The molecule has 0 saturated heterocycles. The first-order valence-electron chi connectivity index (χ1n) is 6.80. The van der Waals surface area contributed by atoms with Crippen LogP contribution in [0.15, 0.2) is 42.5 Å². The minimum Gasteiger partial charge on any atom is -0.323 e. The molecular weight excluding hydrogens is 256 g/mol. The summed E-state index contributed by atoms with van der Waals surface area (Å²) in [6, 6.07) is 11.7. The van der Waals surface area contributed by atoms with E-state index in [1.807, 2.05) is 37.3 Å². The summed E-state index contributed by atoms with van der Waals surface area (Å²) in [6.45, 7) is 3.64. The summed E-state index contributed by atoms with van der Waals surface area (Å²) in [5.41, 5.74) is 8.10. The largest absolute Gasteiger partial charge is 0.323 e. The van der Waals surface area contributed by atoms with Gasteiger partial charge in [-0.2, -0.15) is 0 Å². The highest BCUT2D eigenvalue weighted by Crippen LogP contribution is 2.33. The summed E-state index contributed by atoms with van der Waals surface area (Å²) in [7, 11) is 0. The lowest BCUT2D eigenvalue weighted by Crippen LogP contribution is -2.21. The van der Waals surface area contributed by atoms with Crippen LogP contribution in [0.4, 0.5) is 8.78 Å². The van der Waals surface area contributed by atoms with Crippen LogP contribution in [0.2, 0.25) is 0 Å². The first-order valence-corrected chi connectivity index (χ1v) is 6.80. The Morgan fingerprint density at radius 2 is 1.70 bits per heavy atom. The summed E-state index contributed by atoms with van der Waals surface area (Å²) < 4.78 is 27.3. The lowest BCUT2D eigenvalue weighted by atomic mass is 9.85. The SMILES string of the molecule is CCC(c1ccccc1)C(N)c1cc(C)c(F)cc1F. The van der Waals surface area contributed by atoms with E-state index in [0.29, 0.717) is 11.1 Å². The number of nitrogens with two attached hydrogens (primary N) is 1. The molecule has 0 saturated carbocycles. The first kappa shape index (κ1) is 14.7. The van der Waals surface area contributed by atoms with Gasteiger partial charge in [0, 0.05) is 23.6 Å². The molecule has 2 aromatic rings. The fourth-order valence-electron chi connectivity index (χ4n) is 2.55. The number of rotatable bonds is 4. The predicted octanol–water partition coefficient (Wildman–Crippen LogP) is 4.47. The van der Waals surface area contributed by atoms with Crippen LogP contribution in [-0.4, -0.2) is 0 Å². The Labute approximate surface area is 118 Å². The van der Waals surface area contributed by atoms with E-state index in [0.717, 1.165) is 18.1 Å². The van der Waals surface area contributed by atoms with Crippen molar-refractivity contribution in [2.75, 3.05) is 0 Å². The van der Waals surface area contributed by atoms with E-state index >= 15 is 0 Å². The fourth-order valence-corrected chi connectivity index (χ4v) is 2.55. The molecule has 2 aromatic carbocycles. The normalized spacial score (nSPS) is 14.1. The van der Waals surface area contributed by atoms with Gasteiger partial charge in [0.05, 0.1) is 0 Å². The minimum atomic E-state index is -0.574. The molecule has 3 heteroatoms. The first-order chi connectivity index (χ1) is 9.54. The molecule has 0 aliphatic heterocycles. The van der Waals surface area contributed by atoms with Crippen LogP contribution in [0.3, 0.4) is 0 Å². The van der Waals surface area contributed by atoms with Gasteiger partial charge in [-0.15, -0.1) is 0 Å². The molecule has 0 aliphatic rings. The van der Waals surface area contributed by atoms with Crippen molar-refractivity contribution in [1.29, 1.82) is 0 Å². The molecule has 0 aliphatic carbocycles. The number of aryl methyl sites for hydroxylation is 1. The minimum absolute atomic E-state index is 0.00978. The highest BCUT2D eigenvalue weighted by molar-refractivity contribution is 5.32. The molecule has 106 valence electrons.